The van der Waals surface area contributed by atoms with Crippen molar-refractivity contribution in [2.75, 3.05) is 64.2 Å². The molecule has 2 heterocycles. The van der Waals surface area contributed by atoms with Crippen LogP contribution in [0.4, 0.5) is 0 Å². The standard InChI is InChI=1S/C20H38N4O5S/c1-20(2,3)5-4-9-27-11-13-29-14-12-28-10-6-24-18-19(21-22-24)17-23-7-15-30(25,26)16-8-23/h18H,4-17H2,1-3H3. The summed E-state index contributed by atoms with van der Waals surface area (Å²) in [5.41, 5.74) is 1.21. The Hall–Kier alpha value is -1.07. The van der Waals surface area contributed by atoms with Crippen LogP contribution in [0, 0.1) is 5.41 Å². The lowest BCUT2D eigenvalue weighted by Gasteiger charge is -2.25. The van der Waals surface area contributed by atoms with Gasteiger partial charge < -0.3 is 14.2 Å². The van der Waals surface area contributed by atoms with Gasteiger partial charge in [0.25, 0.3) is 0 Å². The lowest BCUT2D eigenvalue weighted by atomic mass is 9.91. The molecule has 0 spiro atoms. The van der Waals surface area contributed by atoms with E-state index in [0.717, 1.165) is 25.1 Å². The molecule has 0 N–H and O–H groups in total. The second kappa shape index (κ2) is 12.7. The van der Waals surface area contributed by atoms with Crippen molar-refractivity contribution in [3.63, 3.8) is 0 Å². The minimum absolute atomic E-state index is 0.223. The molecule has 0 bridgehead atoms. The summed E-state index contributed by atoms with van der Waals surface area (Å²) in [5.74, 6) is 0.445. The third-order valence-electron chi connectivity index (χ3n) is 4.83. The molecule has 30 heavy (non-hydrogen) atoms. The number of hydrogen-bond donors (Lipinski definition) is 0. The molecule has 174 valence electrons. The molecule has 2 rings (SSSR count). The summed E-state index contributed by atoms with van der Waals surface area (Å²) in [5, 5.41) is 8.26. The van der Waals surface area contributed by atoms with Crippen LogP contribution in [0.1, 0.15) is 39.3 Å². The van der Waals surface area contributed by atoms with Gasteiger partial charge in [-0.2, -0.15) is 0 Å². The minimum atomic E-state index is -2.85. The van der Waals surface area contributed by atoms with E-state index >= 15 is 0 Å². The highest BCUT2D eigenvalue weighted by atomic mass is 32.2. The molecular formula is C20H38N4O5S. The van der Waals surface area contributed by atoms with Crippen molar-refractivity contribution in [1.29, 1.82) is 0 Å². The number of rotatable bonds is 14. The van der Waals surface area contributed by atoms with Gasteiger partial charge in [-0.25, -0.2) is 13.1 Å². The van der Waals surface area contributed by atoms with Gasteiger partial charge >= 0.3 is 0 Å². The van der Waals surface area contributed by atoms with Crippen LogP contribution < -0.4 is 0 Å². The lowest BCUT2D eigenvalue weighted by molar-refractivity contribution is 0.0113. The van der Waals surface area contributed by atoms with Crippen LogP contribution in [-0.2, 0) is 37.1 Å². The molecule has 1 aliphatic heterocycles. The first-order valence-electron chi connectivity index (χ1n) is 10.8. The van der Waals surface area contributed by atoms with Crippen molar-refractivity contribution in [3.05, 3.63) is 11.9 Å². The average Bonchev–Trinajstić information content (AvgIpc) is 3.11. The fourth-order valence-electron chi connectivity index (χ4n) is 3.06. The van der Waals surface area contributed by atoms with Crippen LogP contribution in [0.25, 0.3) is 0 Å². The zero-order chi connectivity index (χ0) is 21.9. The number of nitrogens with zero attached hydrogens (tertiary/aromatic N) is 4. The Labute approximate surface area is 181 Å². The van der Waals surface area contributed by atoms with E-state index in [2.05, 4.69) is 36.0 Å². The van der Waals surface area contributed by atoms with Gasteiger partial charge in [-0.15, -0.1) is 5.10 Å². The smallest absolute Gasteiger partial charge is 0.152 e. The fourth-order valence-corrected chi connectivity index (χ4v) is 4.34. The summed E-state index contributed by atoms with van der Waals surface area (Å²) in [6.07, 6.45) is 4.13. The molecule has 0 aromatic carbocycles. The summed E-state index contributed by atoms with van der Waals surface area (Å²) in [6, 6.07) is 0. The van der Waals surface area contributed by atoms with E-state index in [9.17, 15) is 8.42 Å². The molecule has 0 unspecified atom stereocenters. The third kappa shape index (κ3) is 11.4. The number of aromatic nitrogens is 3. The monoisotopic (exact) mass is 446 g/mol. The molecule has 0 radical (unpaired) electrons. The van der Waals surface area contributed by atoms with Crippen molar-refractivity contribution < 1.29 is 22.6 Å². The Morgan fingerprint density at radius 1 is 0.967 bits per heavy atom. The van der Waals surface area contributed by atoms with Gasteiger partial charge in [0, 0.05) is 32.4 Å². The van der Waals surface area contributed by atoms with Crippen LogP contribution in [0.5, 0.6) is 0 Å². The van der Waals surface area contributed by atoms with E-state index in [-0.39, 0.29) is 11.5 Å². The van der Waals surface area contributed by atoms with Crippen LogP contribution >= 0.6 is 0 Å². The van der Waals surface area contributed by atoms with E-state index in [1.54, 1.807) is 4.68 Å². The first-order chi connectivity index (χ1) is 14.2. The molecule has 0 atom stereocenters. The van der Waals surface area contributed by atoms with Gasteiger partial charge in [-0.3, -0.25) is 4.90 Å². The maximum Gasteiger partial charge on any atom is 0.152 e. The topological polar surface area (TPSA) is 95.8 Å². The molecule has 0 saturated carbocycles. The summed E-state index contributed by atoms with van der Waals surface area (Å²) < 4.78 is 41.3. The second-order valence-corrected chi connectivity index (χ2v) is 11.2. The van der Waals surface area contributed by atoms with Crippen molar-refractivity contribution in [3.8, 4) is 0 Å². The molecule has 1 aromatic heterocycles. The highest BCUT2D eigenvalue weighted by Crippen LogP contribution is 2.20. The van der Waals surface area contributed by atoms with Gasteiger partial charge in [0.05, 0.1) is 56.8 Å². The molecule has 1 aromatic rings. The van der Waals surface area contributed by atoms with Crippen molar-refractivity contribution in [1.82, 2.24) is 19.9 Å². The molecule has 1 aliphatic rings. The van der Waals surface area contributed by atoms with E-state index in [0.29, 0.717) is 64.6 Å². The van der Waals surface area contributed by atoms with Crippen LogP contribution in [0.15, 0.2) is 6.20 Å². The predicted octanol–water partition coefficient (Wildman–Crippen LogP) is 1.38. The second-order valence-electron chi connectivity index (χ2n) is 8.90. The summed E-state index contributed by atoms with van der Waals surface area (Å²) in [4.78, 5) is 2.09. The Balaban J connectivity index is 1.43. The number of sulfone groups is 1. The molecule has 9 nitrogen and oxygen atoms in total. The summed E-state index contributed by atoms with van der Waals surface area (Å²) in [7, 11) is -2.85. The van der Waals surface area contributed by atoms with Gasteiger partial charge in [0.1, 0.15) is 0 Å². The highest BCUT2D eigenvalue weighted by molar-refractivity contribution is 7.91. The quantitative estimate of drug-likeness (QED) is 0.396. The third-order valence-corrected chi connectivity index (χ3v) is 6.44. The Kier molecular flexibility index (Phi) is 10.7. The fraction of sp³-hybridized carbons (Fsp3) is 0.900. The summed E-state index contributed by atoms with van der Waals surface area (Å²) >= 11 is 0. The maximum atomic E-state index is 11.5. The Bertz CT molecular complexity index is 688. The summed E-state index contributed by atoms with van der Waals surface area (Å²) in [6.45, 7) is 12.7. The predicted molar refractivity (Wildman–Crippen MR) is 115 cm³/mol. The molecule has 0 amide bonds. The molecule has 1 fully saturated rings. The Morgan fingerprint density at radius 2 is 1.57 bits per heavy atom. The van der Waals surface area contributed by atoms with E-state index in [4.69, 9.17) is 14.2 Å². The highest BCUT2D eigenvalue weighted by Gasteiger charge is 2.22. The van der Waals surface area contributed by atoms with E-state index < -0.39 is 9.84 Å². The SMILES string of the molecule is CC(C)(C)CCCOCCOCCOCCn1cc(CN2CCS(=O)(=O)CC2)nn1. The average molecular weight is 447 g/mol. The van der Waals surface area contributed by atoms with Crippen LogP contribution in [-0.4, -0.2) is 92.5 Å². The first kappa shape index (κ1) is 25.2. The van der Waals surface area contributed by atoms with Crippen molar-refractivity contribution in [2.45, 2.75) is 46.7 Å². The number of ether oxygens (including phenoxy) is 3. The van der Waals surface area contributed by atoms with E-state index in [1.807, 2.05) is 6.20 Å². The zero-order valence-electron chi connectivity index (χ0n) is 18.7. The van der Waals surface area contributed by atoms with Gasteiger partial charge in [0.15, 0.2) is 9.84 Å². The van der Waals surface area contributed by atoms with Gasteiger partial charge in [-0.1, -0.05) is 26.0 Å². The van der Waals surface area contributed by atoms with Crippen LogP contribution in [0.2, 0.25) is 0 Å². The Morgan fingerprint density at radius 3 is 2.20 bits per heavy atom. The first-order valence-corrected chi connectivity index (χ1v) is 12.6. The van der Waals surface area contributed by atoms with Gasteiger partial charge in [-0.05, 0) is 18.3 Å². The van der Waals surface area contributed by atoms with E-state index in [1.165, 1.54) is 0 Å². The largest absolute Gasteiger partial charge is 0.379 e. The maximum absolute atomic E-state index is 11.5. The minimum Gasteiger partial charge on any atom is -0.379 e. The molecular weight excluding hydrogens is 408 g/mol. The normalized spacial score (nSPS) is 17.4. The number of hydrogen-bond acceptors (Lipinski definition) is 8. The zero-order valence-corrected chi connectivity index (χ0v) is 19.5. The van der Waals surface area contributed by atoms with Crippen LogP contribution in [0.3, 0.4) is 0 Å². The van der Waals surface area contributed by atoms with Crippen molar-refractivity contribution >= 4 is 9.84 Å². The molecule has 0 aliphatic carbocycles. The van der Waals surface area contributed by atoms with Gasteiger partial charge in [0.2, 0.25) is 0 Å². The van der Waals surface area contributed by atoms with Crippen molar-refractivity contribution in [2.24, 2.45) is 5.41 Å². The molecule has 10 heteroatoms. The lowest BCUT2D eigenvalue weighted by Crippen LogP contribution is -2.39. The molecule has 1 saturated heterocycles.